The van der Waals surface area contributed by atoms with Crippen LogP contribution in [0.1, 0.15) is 0 Å². The molecular formula is C7H5FN4. The predicted octanol–water partition coefficient (Wildman–Crippen LogP) is 0.746. The third kappa shape index (κ3) is 0.868. The van der Waals surface area contributed by atoms with Gasteiger partial charge in [0.25, 0.3) is 0 Å². The molecule has 2 aromatic heterocycles. The Hall–Kier alpha value is -1.78. The lowest BCUT2D eigenvalue weighted by atomic mass is 10.3. The van der Waals surface area contributed by atoms with Crippen molar-refractivity contribution >= 4 is 16.7 Å². The Labute approximate surface area is 67.3 Å². The molecule has 0 fully saturated rings. The molecule has 0 spiro atoms. The zero-order valence-corrected chi connectivity index (χ0v) is 6.03. The van der Waals surface area contributed by atoms with Crippen molar-refractivity contribution in [1.29, 1.82) is 0 Å². The van der Waals surface area contributed by atoms with Gasteiger partial charge in [-0.3, -0.25) is 0 Å². The van der Waals surface area contributed by atoms with Gasteiger partial charge in [-0.1, -0.05) is 0 Å². The zero-order valence-electron chi connectivity index (χ0n) is 6.03. The first-order valence-electron chi connectivity index (χ1n) is 3.29. The summed E-state index contributed by atoms with van der Waals surface area (Å²) in [5.41, 5.74) is 5.67. The van der Waals surface area contributed by atoms with Crippen molar-refractivity contribution in [3.8, 4) is 0 Å². The van der Waals surface area contributed by atoms with Gasteiger partial charge in [-0.2, -0.15) is 0 Å². The minimum Gasteiger partial charge on any atom is -0.383 e. The lowest BCUT2D eigenvalue weighted by molar-refractivity contribution is 0.631. The Morgan fingerprint density at radius 1 is 1.25 bits per heavy atom. The Morgan fingerprint density at radius 3 is 2.83 bits per heavy atom. The summed E-state index contributed by atoms with van der Waals surface area (Å²) < 4.78 is 13.0. The highest BCUT2D eigenvalue weighted by Gasteiger charge is 2.04. The van der Waals surface area contributed by atoms with E-state index in [9.17, 15) is 4.39 Å². The second kappa shape index (κ2) is 2.37. The van der Waals surface area contributed by atoms with Gasteiger partial charge >= 0.3 is 0 Å². The van der Waals surface area contributed by atoms with Crippen molar-refractivity contribution in [3.05, 3.63) is 24.5 Å². The SMILES string of the molecule is Nc1ncc(F)c2ncncc12. The quantitative estimate of drug-likeness (QED) is 0.623. The van der Waals surface area contributed by atoms with E-state index in [0.717, 1.165) is 6.20 Å². The van der Waals surface area contributed by atoms with E-state index in [0.29, 0.717) is 5.39 Å². The van der Waals surface area contributed by atoms with Gasteiger partial charge in [0, 0.05) is 6.20 Å². The van der Waals surface area contributed by atoms with E-state index in [2.05, 4.69) is 15.0 Å². The number of hydrogen-bond acceptors (Lipinski definition) is 4. The molecular weight excluding hydrogens is 159 g/mol. The van der Waals surface area contributed by atoms with Crippen molar-refractivity contribution < 1.29 is 4.39 Å². The van der Waals surface area contributed by atoms with Gasteiger partial charge < -0.3 is 5.73 Å². The molecule has 0 radical (unpaired) electrons. The van der Waals surface area contributed by atoms with Crippen LogP contribution < -0.4 is 5.73 Å². The fraction of sp³-hybridized carbons (Fsp3) is 0. The molecule has 0 aliphatic heterocycles. The van der Waals surface area contributed by atoms with Gasteiger partial charge in [0.2, 0.25) is 0 Å². The standard InChI is InChI=1S/C7H5FN4/c8-5-2-11-7(9)4-1-10-3-12-6(4)5/h1-3H,(H2,9,11). The van der Waals surface area contributed by atoms with Crippen LogP contribution in [0.15, 0.2) is 18.7 Å². The first-order chi connectivity index (χ1) is 5.79. The van der Waals surface area contributed by atoms with Crippen molar-refractivity contribution in [3.63, 3.8) is 0 Å². The summed E-state index contributed by atoms with van der Waals surface area (Å²) in [6, 6.07) is 0. The lowest BCUT2D eigenvalue weighted by Crippen LogP contribution is -1.95. The van der Waals surface area contributed by atoms with Crippen LogP contribution in [-0.2, 0) is 0 Å². The first kappa shape index (κ1) is 6.90. The number of pyridine rings is 1. The fourth-order valence-corrected chi connectivity index (χ4v) is 0.964. The average molecular weight is 164 g/mol. The normalized spacial score (nSPS) is 10.4. The summed E-state index contributed by atoms with van der Waals surface area (Å²) in [5.74, 6) is -0.242. The molecule has 0 amide bonds. The fourth-order valence-electron chi connectivity index (χ4n) is 0.964. The Morgan fingerprint density at radius 2 is 2.08 bits per heavy atom. The van der Waals surface area contributed by atoms with Crippen LogP contribution in [-0.4, -0.2) is 15.0 Å². The maximum absolute atomic E-state index is 13.0. The van der Waals surface area contributed by atoms with Crippen LogP contribution in [0.4, 0.5) is 10.2 Å². The maximum Gasteiger partial charge on any atom is 0.167 e. The monoisotopic (exact) mass is 164 g/mol. The molecule has 0 aromatic carbocycles. The number of anilines is 1. The van der Waals surface area contributed by atoms with Gasteiger partial charge in [-0.05, 0) is 0 Å². The van der Waals surface area contributed by atoms with Crippen molar-refractivity contribution in [1.82, 2.24) is 15.0 Å². The molecule has 0 unspecified atom stereocenters. The molecule has 5 heteroatoms. The minimum absolute atomic E-state index is 0.206. The molecule has 0 aliphatic rings. The molecule has 2 N–H and O–H groups in total. The third-order valence-corrected chi connectivity index (χ3v) is 1.53. The first-order valence-corrected chi connectivity index (χ1v) is 3.29. The molecule has 0 atom stereocenters. The number of nitrogen functional groups attached to an aromatic ring is 1. The van der Waals surface area contributed by atoms with Crippen molar-refractivity contribution in [2.24, 2.45) is 0 Å². The molecule has 2 aromatic rings. The van der Waals surface area contributed by atoms with Gasteiger partial charge in [-0.15, -0.1) is 0 Å². The van der Waals surface area contributed by atoms with Gasteiger partial charge in [-0.25, -0.2) is 19.3 Å². The van der Waals surface area contributed by atoms with Crippen LogP contribution >= 0.6 is 0 Å². The zero-order chi connectivity index (χ0) is 8.55. The second-order valence-electron chi connectivity index (χ2n) is 2.28. The Kier molecular flexibility index (Phi) is 1.36. The molecule has 2 heterocycles. The molecule has 0 saturated heterocycles. The Balaban J connectivity index is 2.95. The summed E-state index contributed by atoms with van der Waals surface area (Å²) in [5, 5.41) is 0.442. The van der Waals surface area contributed by atoms with Crippen LogP contribution in [0, 0.1) is 5.82 Å². The number of hydrogen-bond donors (Lipinski definition) is 1. The number of halogens is 1. The number of nitrogens with zero attached hydrogens (tertiary/aromatic N) is 3. The topological polar surface area (TPSA) is 64.7 Å². The predicted molar refractivity (Wildman–Crippen MR) is 41.7 cm³/mol. The van der Waals surface area contributed by atoms with E-state index in [1.165, 1.54) is 12.5 Å². The van der Waals surface area contributed by atoms with Crippen LogP contribution in [0.5, 0.6) is 0 Å². The lowest BCUT2D eigenvalue weighted by Gasteiger charge is -1.98. The number of rotatable bonds is 0. The van der Waals surface area contributed by atoms with Crippen molar-refractivity contribution in [2.75, 3.05) is 5.73 Å². The summed E-state index contributed by atoms with van der Waals surface area (Å²) in [6.07, 6.45) is 3.75. The van der Waals surface area contributed by atoms with Gasteiger partial charge in [0.15, 0.2) is 5.82 Å². The smallest absolute Gasteiger partial charge is 0.167 e. The Bertz CT molecular complexity index is 388. The van der Waals surface area contributed by atoms with E-state index in [1.807, 2.05) is 0 Å². The molecule has 0 bridgehead atoms. The maximum atomic E-state index is 13.0. The molecule has 0 saturated carbocycles. The van der Waals surface area contributed by atoms with E-state index in [4.69, 9.17) is 5.73 Å². The molecule has 4 nitrogen and oxygen atoms in total. The minimum atomic E-state index is -0.485. The molecule has 2 rings (SSSR count). The van der Waals surface area contributed by atoms with E-state index in [1.54, 1.807) is 0 Å². The third-order valence-electron chi connectivity index (χ3n) is 1.53. The summed E-state index contributed by atoms with van der Waals surface area (Å²) in [6.45, 7) is 0. The van der Waals surface area contributed by atoms with Crippen LogP contribution in [0.2, 0.25) is 0 Å². The molecule has 12 heavy (non-hydrogen) atoms. The van der Waals surface area contributed by atoms with Gasteiger partial charge in [0.05, 0.1) is 11.6 Å². The highest BCUT2D eigenvalue weighted by molar-refractivity contribution is 5.87. The molecule has 0 aliphatic carbocycles. The summed E-state index contributed by atoms with van der Waals surface area (Å²) in [7, 11) is 0. The highest BCUT2D eigenvalue weighted by Crippen LogP contribution is 2.17. The summed E-state index contributed by atoms with van der Waals surface area (Å²) >= 11 is 0. The van der Waals surface area contributed by atoms with E-state index < -0.39 is 5.82 Å². The second-order valence-corrected chi connectivity index (χ2v) is 2.28. The van der Waals surface area contributed by atoms with Crippen LogP contribution in [0.3, 0.4) is 0 Å². The summed E-state index contributed by atoms with van der Waals surface area (Å²) in [4.78, 5) is 11.1. The van der Waals surface area contributed by atoms with Crippen molar-refractivity contribution in [2.45, 2.75) is 0 Å². The molecule has 60 valence electrons. The van der Waals surface area contributed by atoms with Crippen LogP contribution in [0.25, 0.3) is 10.9 Å². The number of aromatic nitrogens is 3. The largest absolute Gasteiger partial charge is 0.383 e. The van der Waals surface area contributed by atoms with E-state index >= 15 is 0 Å². The van der Waals surface area contributed by atoms with E-state index in [-0.39, 0.29) is 11.3 Å². The number of fused-ring (bicyclic) bond motifs is 1. The van der Waals surface area contributed by atoms with Gasteiger partial charge in [0.1, 0.15) is 17.7 Å². The highest BCUT2D eigenvalue weighted by atomic mass is 19.1. The average Bonchev–Trinajstić information content (AvgIpc) is 2.12. The number of nitrogens with two attached hydrogens (primary N) is 1.